The maximum Gasteiger partial charge on any atom is 0.288 e. The van der Waals surface area contributed by atoms with Gasteiger partial charge in [0.05, 0.1) is 17.6 Å². The maximum atomic E-state index is 13.6. The van der Waals surface area contributed by atoms with E-state index >= 15 is 0 Å². The zero-order valence-corrected chi connectivity index (χ0v) is 14.3. The Morgan fingerprint density at radius 2 is 1.96 bits per heavy atom. The first-order valence-corrected chi connectivity index (χ1v) is 8.49. The minimum absolute atomic E-state index is 0.0515. The molecule has 1 saturated heterocycles. The molecule has 8 heteroatoms. The first-order chi connectivity index (χ1) is 12.1. The van der Waals surface area contributed by atoms with Gasteiger partial charge in [-0.1, -0.05) is 23.7 Å². The minimum Gasteiger partial charge on any atom is -0.369 e. The molecular formula is C17H18ClFN4O2. The molecule has 0 aliphatic carbocycles. The highest BCUT2D eigenvalue weighted by molar-refractivity contribution is 6.33. The van der Waals surface area contributed by atoms with Crippen LogP contribution in [0.1, 0.15) is 19.3 Å². The van der Waals surface area contributed by atoms with E-state index in [1.54, 1.807) is 6.07 Å². The number of benzene rings is 1. The Kier molecular flexibility index (Phi) is 5.33. The van der Waals surface area contributed by atoms with E-state index in [9.17, 15) is 14.0 Å². The van der Waals surface area contributed by atoms with Crippen LogP contribution in [-0.4, -0.2) is 28.8 Å². The van der Waals surface area contributed by atoms with Crippen LogP contribution in [0.4, 0.5) is 15.8 Å². The molecule has 1 N–H and O–H groups in total. The number of anilines is 2. The number of piperidine rings is 1. The summed E-state index contributed by atoms with van der Waals surface area (Å²) in [6, 6.07) is 5.81. The Bertz CT molecular complexity index is 834. The fraction of sp³-hybridized carbons (Fsp3) is 0.353. The lowest BCUT2D eigenvalue weighted by molar-refractivity contribution is -0.117. The topological polar surface area (TPSA) is 67.2 Å². The number of aromatic nitrogens is 2. The molecule has 1 aliphatic rings. The van der Waals surface area contributed by atoms with E-state index in [0.29, 0.717) is 5.69 Å². The fourth-order valence-electron chi connectivity index (χ4n) is 2.81. The Hall–Kier alpha value is -2.41. The molecule has 1 amide bonds. The smallest absolute Gasteiger partial charge is 0.288 e. The number of carbonyl (C=O) groups is 1. The number of carbonyl (C=O) groups excluding carboxylic acids is 1. The number of nitrogens with zero attached hydrogens (tertiary/aromatic N) is 3. The van der Waals surface area contributed by atoms with E-state index in [1.165, 1.54) is 24.4 Å². The Morgan fingerprint density at radius 3 is 2.68 bits per heavy atom. The van der Waals surface area contributed by atoms with Crippen LogP contribution in [-0.2, 0) is 11.3 Å². The second-order valence-electron chi connectivity index (χ2n) is 5.88. The average molecular weight is 365 g/mol. The highest BCUT2D eigenvalue weighted by atomic mass is 35.5. The number of halogens is 2. The summed E-state index contributed by atoms with van der Waals surface area (Å²) in [6.45, 7) is 1.32. The number of nitrogens with one attached hydrogen (secondary N) is 1. The molecule has 3 rings (SSSR count). The van der Waals surface area contributed by atoms with Crippen molar-refractivity contribution in [3.63, 3.8) is 0 Å². The average Bonchev–Trinajstić information content (AvgIpc) is 2.62. The molecule has 1 aliphatic heterocycles. The third-order valence-electron chi connectivity index (χ3n) is 4.10. The molecule has 1 aromatic carbocycles. The van der Waals surface area contributed by atoms with Crippen LogP contribution in [0.2, 0.25) is 5.02 Å². The maximum absolute atomic E-state index is 13.6. The summed E-state index contributed by atoms with van der Waals surface area (Å²) in [7, 11) is 0. The number of para-hydroxylation sites is 1. The van der Waals surface area contributed by atoms with Gasteiger partial charge < -0.3 is 10.2 Å². The lowest BCUT2D eigenvalue weighted by Crippen LogP contribution is -2.34. The van der Waals surface area contributed by atoms with Crippen molar-refractivity contribution in [2.75, 3.05) is 23.3 Å². The highest BCUT2D eigenvalue weighted by Gasteiger charge is 2.18. The van der Waals surface area contributed by atoms with Crippen LogP contribution in [0, 0.1) is 5.82 Å². The molecule has 1 aromatic heterocycles. The first-order valence-electron chi connectivity index (χ1n) is 8.11. The molecule has 6 nitrogen and oxygen atoms in total. The summed E-state index contributed by atoms with van der Waals surface area (Å²) in [6.07, 6.45) is 4.76. The zero-order valence-electron chi connectivity index (χ0n) is 13.5. The number of amides is 1. The standard InChI is InChI=1S/C17H18ClFN4O2/c18-16-14(22-8-4-1-5-9-22)10-20-23(17(16)25)11-15(24)21-13-7-3-2-6-12(13)19/h2-3,6-7,10H,1,4-5,8-9,11H2,(H,21,24). The van der Waals surface area contributed by atoms with E-state index in [-0.39, 0.29) is 17.3 Å². The molecule has 0 radical (unpaired) electrons. The lowest BCUT2D eigenvalue weighted by Gasteiger charge is -2.29. The van der Waals surface area contributed by atoms with Crippen molar-refractivity contribution in [1.29, 1.82) is 0 Å². The van der Waals surface area contributed by atoms with Crippen molar-refractivity contribution >= 4 is 28.9 Å². The molecule has 1 fully saturated rings. The normalized spacial score (nSPS) is 14.4. The second-order valence-corrected chi connectivity index (χ2v) is 6.26. The van der Waals surface area contributed by atoms with Crippen molar-refractivity contribution in [3.8, 4) is 0 Å². The van der Waals surface area contributed by atoms with Crippen LogP contribution in [0.25, 0.3) is 0 Å². The van der Waals surface area contributed by atoms with Crippen LogP contribution >= 0.6 is 11.6 Å². The Morgan fingerprint density at radius 1 is 1.24 bits per heavy atom. The highest BCUT2D eigenvalue weighted by Crippen LogP contribution is 2.24. The summed E-state index contributed by atoms with van der Waals surface area (Å²) in [5, 5.41) is 6.51. The van der Waals surface area contributed by atoms with Crippen molar-refractivity contribution < 1.29 is 9.18 Å². The Labute approximate surface area is 149 Å². The van der Waals surface area contributed by atoms with Gasteiger partial charge in [0.2, 0.25) is 5.91 Å². The van der Waals surface area contributed by atoms with E-state index in [1.807, 2.05) is 4.90 Å². The van der Waals surface area contributed by atoms with Gasteiger partial charge >= 0.3 is 0 Å². The molecular weight excluding hydrogens is 347 g/mol. The molecule has 0 unspecified atom stereocenters. The summed E-state index contributed by atoms with van der Waals surface area (Å²) < 4.78 is 14.5. The summed E-state index contributed by atoms with van der Waals surface area (Å²) >= 11 is 6.19. The van der Waals surface area contributed by atoms with Gasteiger partial charge in [-0.2, -0.15) is 5.10 Å². The monoisotopic (exact) mass is 364 g/mol. The van der Waals surface area contributed by atoms with Crippen molar-refractivity contribution in [1.82, 2.24) is 9.78 Å². The van der Waals surface area contributed by atoms with Crippen molar-refractivity contribution in [2.24, 2.45) is 0 Å². The van der Waals surface area contributed by atoms with Gasteiger partial charge in [0.15, 0.2) is 0 Å². The predicted octanol–water partition coefficient (Wildman–Crippen LogP) is 2.66. The van der Waals surface area contributed by atoms with Crippen LogP contribution < -0.4 is 15.8 Å². The van der Waals surface area contributed by atoms with Crippen LogP contribution in [0.3, 0.4) is 0 Å². The van der Waals surface area contributed by atoms with E-state index in [2.05, 4.69) is 10.4 Å². The zero-order chi connectivity index (χ0) is 17.8. The molecule has 0 spiro atoms. The molecule has 0 saturated carbocycles. The van der Waals surface area contributed by atoms with Gasteiger partial charge in [0.1, 0.15) is 17.4 Å². The summed E-state index contributed by atoms with van der Waals surface area (Å²) in [4.78, 5) is 26.5. The number of hydrogen-bond donors (Lipinski definition) is 1. The number of hydrogen-bond acceptors (Lipinski definition) is 4. The molecule has 0 atom stereocenters. The predicted molar refractivity (Wildman–Crippen MR) is 94.6 cm³/mol. The quantitative estimate of drug-likeness (QED) is 0.905. The van der Waals surface area contributed by atoms with E-state index < -0.39 is 17.3 Å². The van der Waals surface area contributed by atoms with Crippen LogP contribution in [0.15, 0.2) is 35.3 Å². The Balaban J connectivity index is 1.74. The fourth-order valence-corrected chi connectivity index (χ4v) is 3.08. The molecule has 2 aromatic rings. The third kappa shape index (κ3) is 3.99. The van der Waals surface area contributed by atoms with Crippen LogP contribution in [0.5, 0.6) is 0 Å². The van der Waals surface area contributed by atoms with Gasteiger partial charge in [-0.25, -0.2) is 9.07 Å². The van der Waals surface area contributed by atoms with Gasteiger partial charge in [0.25, 0.3) is 5.56 Å². The first kappa shape index (κ1) is 17.4. The second kappa shape index (κ2) is 7.65. The molecule has 2 heterocycles. The summed E-state index contributed by atoms with van der Waals surface area (Å²) in [5.74, 6) is -1.10. The molecule has 0 bridgehead atoms. The molecule has 132 valence electrons. The van der Waals surface area contributed by atoms with Crippen molar-refractivity contribution in [3.05, 3.63) is 51.7 Å². The van der Waals surface area contributed by atoms with E-state index in [0.717, 1.165) is 37.0 Å². The third-order valence-corrected chi connectivity index (χ3v) is 4.46. The SMILES string of the molecule is O=C(Cn1ncc(N2CCCCC2)c(Cl)c1=O)Nc1ccccc1F. The van der Waals surface area contributed by atoms with Gasteiger partial charge in [-0.15, -0.1) is 0 Å². The minimum atomic E-state index is -0.554. The van der Waals surface area contributed by atoms with E-state index in [4.69, 9.17) is 11.6 Å². The van der Waals surface area contributed by atoms with Crippen molar-refractivity contribution in [2.45, 2.75) is 25.8 Å². The number of rotatable bonds is 4. The molecule has 25 heavy (non-hydrogen) atoms. The van der Waals surface area contributed by atoms with Gasteiger partial charge in [-0.05, 0) is 31.4 Å². The lowest BCUT2D eigenvalue weighted by atomic mass is 10.1. The largest absolute Gasteiger partial charge is 0.369 e. The van der Waals surface area contributed by atoms with Gasteiger partial charge in [-0.3, -0.25) is 9.59 Å². The summed E-state index contributed by atoms with van der Waals surface area (Å²) in [5.41, 5.74) is 0.113. The van der Waals surface area contributed by atoms with Gasteiger partial charge in [0, 0.05) is 13.1 Å².